The fourth-order valence-corrected chi connectivity index (χ4v) is 2.79. The first-order valence-electron chi connectivity index (χ1n) is 6.94. The Kier molecular flexibility index (Phi) is 4.63. The summed E-state index contributed by atoms with van der Waals surface area (Å²) in [6.45, 7) is 0. The highest BCUT2D eigenvalue weighted by Crippen LogP contribution is 2.25. The van der Waals surface area contributed by atoms with Gasteiger partial charge >= 0.3 is 0 Å². The quantitative estimate of drug-likeness (QED) is 0.475. The summed E-state index contributed by atoms with van der Waals surface area (Å²) in [7, 11) is 0. The number of nitro groups is 1. The molecule has 0 aromatic rings. The Bertz CT molecular complexity index is 305. The molecule has 2 fully saturated rings. The number of nitrogens with zero attached hydrogens (tertiary/aromatic N) is 3. The molecule has 102 valence electrons. The summed E-state index contributed by atoms with van der Waals surface area (Å²) in [5.41, 5.74) is 5.84. The van der Waals surface area contributed by atoms with Crippen LogP contribution in [0.15, 0.2) is 10.2 Å². The Morgan fingerprint density at radius 3 is 1.78 bits per heavy atom. The Hall–Kier alpha value is -1.04. The number of azo groups is 1. The van der Waals surface area contributed by atoms with Gasteiger partial charge in [-0.1, -0.05) is 0 Å². The summed E-state index contributed by atoms with van der Waals surface area (Å²) in [5.74, 6) is 0. The fraction of sp³-hybridized carbons (Fsp3) is 1.00. The molecule has 0 aromatic carbocycles. The predicted octanol–water partition coefficient (Wildman–Crippen LogP) is 2.30. The molecule has 2 aliphatic carbocycles. The van der Waals surface area contributed by atoms with Gasteiger partial charge in [0.1, 0.15) is 0 Å². The second kappa shape index (κ2) is 6.22. The molecule has 0 spiro atoms. The van der Waals surface area contributed by atoms with E-state index >= 15 is 0 Å². The average molecular weight is 254 g/mol. The smallest absolute Gasteiger partial charge is 0.213 e. The zero-order valence-electron chi connectivity index (χ0n) is 10.7. The number of hydrogen-bond acceptors (Lipinski definition) is 5. The van der Waals surface area contributed by atoms with Crippen LogP contribution in [0.5, 0.6) is 0 Å². The largest absolute Gasteiger partial charge is 0.328 e. The molecule has 0 radical (unpaired) electrons. The predicted molar refractivity (Wildman–Crippen MR) is 68.1 cm³/mol. The third kappa shape index (κ3) is 3.73. The molecule has 0 aromatic heterocycles. The van der Waals surface area contributed by atoms with Crippen LogP contribution in [0.1, 0.15) is 51.4 Å². The summed E-state index contributed by atoms with van der Waals surface area (Å²) >= 11 is 0. The molecule has 2 aliphatic rings. The average Bonchev–Trinajstić information content (AvgIpc) is 2.38. The van der Waals surface area contributed by atoms with E-state index in [1.165, 1.54) is 0 Å². The van der Waals surface area contributed by atoms with Crippen LogP contribution in [-0.4, -0.2) is 29.1 Å². The molecule has 18 heavy (non-hydrogen) atoms. The summed E-state index contributed by atoms with van der Waals surface area (Å²) in [6, 6.07) is 0.519. The van der Waals surface area contributed by atoms with E-state index in [0.717, 1.165) is 38.5 Å². The van der Waals surface area contributed by atoms with Gasteiger partial charge in [-0.25, -0.2) is 0 Å². The Labute approximate surface area is 107 Å². The van der Waals surface area contributed by atoms with Crippen LogP contribution in [0.3, 0.4) is 0 Å². The van der Waals surface area contributed by atoms with E-state index in [4.69, 9.17) is 5.73 Å². The molecule has 2 saturated carbocycles. The van der Waals surface area contributed by atoms with Crippen LogP contribution in [-0.2, 0) is 0 Å². The molecule has 0 saturated heterocycles. The van der Waals surface area contributed by atoms with Gasteiger partial charge in [-0.05, 0) is 38.5 Å². The van der Waals surface area contributed by atoms with Crippen LogP contribution in [0.4, 0.5) is 0 Å². The zero-order valence-corrected chi connectivity index (χ0v) is 10.7. The molecular weight excluding hydrogens is 232 g/mol. The highest BCUT2D eigenvalue weighted by molar-refractivity contribution is 4.80. The highest BCUT2D eigenvalue weighted by atomic mass is 16.6. The van der Waals surface area contributed by atoms with Crippen LogP contribution >= 0.6 is 0 Å². The maximum Gasteiger partial charge on any atom is 0.213 e. The second-order valence-corrected chi connectivity index (χ2v) is 5.55. The number of nitrogens with two attached hydrogens (primary N) is 1. The molecule has 2 N–H and O–H groups in total. The van der Waals surface area contributed by atoms with Gasteiger partial charge in [0, 0.05) is 23.8 Å². The number of rotatable bonds is 3. The van der Waals surface area contributed by atoms with Crippen LogP contribution in [0, 0.1) is 10.1 Å². The SMILES string of the molecule is NC1CCC(N=NC2CCC([N+](=O)[O-])CC2)CC1. The van der Waals surface area contributed by atoms with Crippen LogP contribution in [0.2, 0.25) is 0 Å². The summed E-state index contributed by atoms with van der Waals surface area (Å²) in [5, 5.41) is 19.4. The third-order valence-corrected chi connectivity index (χ3v) is 4.10. The van der Waals surface area contributed by atoms with E-state index in [9.17, 15) is 10.1 Å². The molecule has 0 atom stereocenters. The van der Waals surface area contributed by atoms with Gasteiger partial charge in [-0.15, -0.1) is 0 Å². The van der Waals surface area contributed by atoms with Crippen molar-refractivity contribution in [2.75, 3.05) is 0 Å². The lowest BCUT2D eigenvalue weighted by atomic mass is 9.91. The van der Waals surface area contributed by atoms with Crippen molar-refractivity contribution in [1.29, 1.82) is 0 Å². The minimum atomic E-state index is -0.357. The molecule has 2 rings (SSSR count). The van der Waals surface area contributed by atoms with E-state index in [0.29, 0.717) is 24.9 Å². The lowest BCUT2D eigenvalue weighted by molar-refractivity contribution is -0.526. The summed E-state index contributed by atoms with van der Waals surface area (Å²) < 4.78 is 0. The second-order valence-electron chi connectivity index (χ2n) is 5.55. The van der Waals surface area contributed by atoms with Crippen molar-refractivity contribution in [2.24, 2.45) is 16.0 Å². The molecule has 6 heteroatoms. The lowest BCUT2D eigenvalue weighted by Crippen LogP contribution is -2.29. The Balaban J connectivity index is 1.72. The van der Waals surface area contributed by atoms with Gasteiger partial charge in [-0.2, -0.15) is 10.2 Å². The molecule has 0 amide bonds. The van der Waals surface area contributed by atoms with Crippen molar-refractivity contribution < 1.29 is 4.92 Å². The molecule has 6 nitrogen and oxygen atoms in total. The first kappa shape index (κ1) is 13.4. The van der Waals surface area contributed by atoms with E-state index in [1.807, 2.05) is 0 Å². The van der Waals surface area contributed by atoms with Gasteiger partial charge in [0.2, 0.25) is 6.04 Å². The molecule has 0 unspecified atom stereocenters. The van der Waals surface area contributed by atoms with Gasteiger partial charge in [0.15, 0.2) is 0 Å². The van der Waals surface area contributed by atoms with Crippen molar-refractivity contribution in [3.05, 3.63) is 10.1 Å². The van der Waals surface area contributed by atoms with Crippen molar-refractivity contribution >= 4 is 0 Å². The van der Waals surface area contributed by atoms with Gasteiger partial charge in [-0.3, -0.25) is 10.1 Å². The van der Waals surface area contributed by atoms with Crippen LogP contribution in [0.25, 0.3) is 0 Å². The third-order valence-electron chi connectivity index (χ3n) is 4.10. The van der Waals surface area contributed by atoms with Gasteiger partial charge in [0.25, 0.3) is 0 Å². The lowest BCUT2D eigenvalue weighted by Gasteiger charge is -2.24. The number of hydrogen-bond donors (Lipinski definition) is 1. The first-order valence-corrected chi connectivity index (χ1v) is 6.94. The van der Waals surface area contributed by atoms with Crippen molar-refractivity contribution in [3.8, 4) is 0 Å². The summed E-state index contributed by atoms with van der Waals surface area (Å²) in [6.07, 6.45) is 7.06. The topological polar surface area (TPSA) is 93.9 Å². The maximum absolute atomic E-state index is 10.6. The molecule has 0 aliphatic heterocycles. The minimum absolute atomic E-state index is 0.157. The monoisotopic (exact) mass is 254 g/mol. The van der Waals surface area contributed by atoms with Crippen molar-refractivity contribution in [2.45, 2.75) is 75.5 Å². The first-order chi connectivity index (χ1) is 8.65. The van der Waals surface area contributed by atoms with Crippen molar-refractivity contribution in [1.82, 2.24) is 0 Å². The highest BCUT2D eigenvalue weighted by Gasteiger charge is 2.28. The van der Waals surface area contributed by atoms with Gasteiger partial charge < -0.3 is 5.73 Å². The normalized spacial score (nSPS) is 37.8. The van der Waals surface area contributed by atoms with E-state index in [1.54, 1.807) is 0 Å². The minimum Gasteiger partial charge on any atom is -0.328 e. The Morgan fingerprint density at radius 1 is 0.889 bits per heavy atom. The zero-order chi connectivity index (χ0) is 13.0. The fourth-order valence-electron chi connectivity index (χ4n) is 2.79. The molecule has 0 heterocycles. The Morgan fingerprint density at radius 2 is 1.33 bits per heavy atom. The van der Waals surface area contributed by atoms with Crippen LogP contribution < -0.4 is 5.73 Å². The summed E-state index contributed by atoms with van der Waals surface area (Å²) in [4.78, 5) is 10.5. The molecular formula is C12H22N4O2. The van der Waals surface area contributed by atoms with E-state index in [2.05, 4.69) is 10.2 Å². The van der Waals surface area contributed by atoms with E-state index < -0.39 is 0 Å². The van der Waals surface area contributed by atoms with Gasteiger partial charge in [0.05, 0.1) is 12.1 Å². The van der Waals surface area contributed by atoms with Crippen molar-refractivity contribution in [3.63, 3.8) is 0 Å². The maximum atomic E-state index is 10.6. The standard InChI is InChI=1S/C12H22N4O2/c13-9-1-3-10(4-2-9)14-15-11-5-7-12(8-6-11)16(17)18/h9-12H,1-8,13H2. The van der Waals surface area contributed by atoms with E-state index in [-0.39, 0.29) is 17.0 Å². The molecule has 0 bridgehead atoms.